The minimum Gasteiger partial charge on any atom is -0.508 e. The number of fused-ring (bicyclic) bond motifs is 5. The third-order valence-corrected chi connectivity index (χ3v) is 7.40. The number of aryl methyl sites for hydroxylation is 3. The average Bonchev–Trinajstić information content (AvgIpc) is 3.25. The van der Waals surface area contributed by atoms with Crippen LogP contribution < -0.4 is 16.6 Å². The summed E-state index contributed by atoms with van der Waals surface area (Å²) in [7, 11) is 3.13. The molecule has 3 heterocycles. The molecule has 3 aromatic carbocycles. The van der Waals surface area contributed by atoms with Gasteiger partial charge in [-0.05, 0) is 60.9 Å². The summed E-state index contributed by atoms with van der Waals surface area (Å²) in [5.74, 6) is -0.0189. The number of phenols is 2. The van der Waals surface area contributed by atoms with E-state index in [0.29, 0.717) is 27.9 Å². The number of aromatic nitrogens is 3. The summed E-state index contributed by atoms with van der Waals surface area (Å²) in [6, 6.07) is 17.4. The van der Waals surface area contributed by atoms with Crippen LogP contribution in [-0.4, -0.2) is 23.9 Å². The number of rotatable bonds is 2. The fourth-order valence-electron chi connectivity index (χ4n) is 5.40. The van der Waals surface area contributed by atoms with E-state index in [0.717, 1.165) is 32.6 Å². The van der Waals surface area contributed by atoms with Gasteiger partial charge in [-0.25, -0.2) is 4.79 Å². The molecular weight excluding hydrogens is 468 g/mol. The Labute approximate surface area is 212 Å². The lowest BCUT2D eigenvalue weighted by Crippen LogP contribution is -2.37. The van der Waals surface area contributed by atoms with Gasteiger partial charge in [0.05, 0.1) is 39.7 Å². The van der Waals surface area contributed by atoms with Crippen LogP contribution in [0.5, 0.6) is 11.5 Å². The van der Waals surface area contributed by atoms with Crippen LogP contribution in [0.15, 0.2) is 70.3 Å². The number of benzene rings is 3. The summed E-state index contributed by atoms with van der Waals surface area (Å²) >= 11 is 0. The Bertz CT molecular complexity index is 1860. The largest absolute Gasteiger partial charge is 0.508 e. The van der Waals surface area contributed by atoms with Crippen molar-refractivity contribution in [2.45, 2.75) is 19.9 Å². The topological polar surface area (TPSA) is 101 Å². The fourth-order valence-corrected chi connectivity index (χ4v) is 5.40. The SMILES string of the molecule is Cc1cc2c(cc1C)-n1c(-c3ccccc3)c3c(=O)n(C)c(=O)n(C)c3c1[C@@H](c1cc(O)ccc1O)N2. The van der Waals surface area contributed by atoms with Crippen molar-refractivity contribution in [3.63, 3.8) is 0 Å². The van der Waals surface area contributed by atoms with Crippen LogP contribution in [0.3, 0.4) is 0 Å². The van der Waals surface area contributed by atoms with Crippen LogP contribution in [0.2, 0.25) is 0 Å². The van der Waals surface area contributed by atoms with E-state index in [2.05, 4.69) is 11.4 Å². The highest BCUT2D eigenvalue weighted by atomic mass is 16.3. The Balaban J connectivity index is 1.89. The predicted molar refractivity (Wildman–Crippen MR) is 144 cm³/mol. The van der Waals surface area contributed by atoms with Gasteiger partial charge in [0.25, 0.3) is 5.56 Å². The molecule has 0 bridgehead atoms. The van der Waals surface area contributed by atoms with Gasteiger partial charge in [-0.2, -0.15) is 0 Å². The second-order valence-electron chi connectivity index (χ2n) is 9.64. The summed E-state index contributed by atoms with van der Waals surface area (Å²) in [5.41, 5.74) is 5.95. The van der Waals surface area contributed by atoms with Crippen molar-refractivity contribution in [3.05, 3.63) is 104 Å². The highest BCUT2D eigenvalue weighted by Crippen LogP contribution is 2.47. The number of phenolic OH excluding ortho intramolecular Hbond substituents is 2. The maximum atomic E-state index is 13.7. The molecule has 1 aliphatic rings. The number of hydrogen-bond donors (Lipinski definition) is 3. The lowest BCUT2D eigenvalue weighted by molar-refractivity contribution is 0.452. The van der Waals surface area contributed by atoms with Crippen molar-refractivity contribution in [3.8, 4) is 28.4 Å². The first kappa shape index (κ1) is 22.7. The first-order chi connectivity index (χ1) is 17.7. The number of hydrogen-bond acceptors (Lipinski definition) is 5. The lowest BCUT2D eigenvalue weighted by atomic mass is 9.97. The molecule has 5 aromatic rings. The average molecular weight is 495 g/mol. The highest BCUT2D eigenvalue weighted by molar-refractivity contribution is 5.99. The van der Waals surface area contributed by atoms with Gasteiger partial charge in [-0.3, -0.25) is 13.9 Å². The van der Waals surface area contributed by atoms with Crippen LogP contribution in [0, 0.1) is 13.8 Å². The van der Waals surface area contributed by atoms with Crippen molar-refractivity contribution in [1.82, 2.24) is 13.7 Å². The molecule has 1 aliphatic heterocycles. The van der Waals surface area contributed by atoms with Crippen LogP contribution in [0.25, 0.3) is 27.8 Å². The summed E-state index contributed by atoms with van der Waals surface area (Å²) < 4.78 is 4.62. The second-order valence-corrected chi connectivity index (χ2v) is 9.64. The zero-order valence-corrected chi connectivity index (χ0v) is 20.9. The molecule has 8 nitrogen and oxygen atoms in total. The quantitative estimate of drug-likeness (QED) is 0.319. The van der Waals surface area contributed by atoms with Gasteiger partial charge < -0.3 is 20.1 Å². The number of aromatic hydroxyl groups is 2. The minimum atomic E-state index is -0.667. The lowest BCUT2D eigenvalue weighted by Gasteiger charge is -2.32. The van der Waals surface area contributed by atoms with E-state index in [4.69, 9.17) is 0 Å². The molecule has 2 aromatic heterocycles. The molecule has 0 unspecified atom stereocenters. The maximum absolute atomic E-state index is 13.7. The first-order valence-electron chi connectivity index (χ1n) is 12.0. The molecule has 37 heavy (non-hydrogen) atoms. The van der Waals surface area contributed by atoms with Crippen molar-refractivity contribution in [1.29, 1.82) is 0 Å². The summed E-state index contributed by atoms with van der Waals surface area (Å²) in [5, 5.41) is 25.1. The number of nitrogens with zero attached hydrogens (tertiary/aromatic N) is 3. The highest BCUT2D eigenvalue weighted by Gasteiger charge is 2.36. The summed E-state index contributed by atoms with van der Waals surface area (Å²) in [4.78, 5) is 26.9. The Morgan fingerprint density at radius 3 is 2.30 bits per heavy atom. The third kappa shape index (κ3) is 3.15. The van der Waals surface area contributed by atoms with Gasteiger partial charge in [-0.15, -0.1) is 0 Å². The van der Waals surface area contributed by atoms with Crippen molar-refractivity contribution < 1.29 is 10.2 Å². The third-order valence-electron chi connectivity index (χ3n) is 7.40. The van der Waals surface area contributed by atoms with Crippen molar-refractivity contribution in [2.24, 2.45) is 14.1 Å². The fraction of sp³-hybridized carbons (Fsp3) is 0.172. The van der Waals surface area contributed by atoms with Gasteiger partial charge in [0.15, 0.2) is 0 Å². The zero-order valence-electron chi connectivity index (χ0n) is 20.9. The molecule has 0 saturated heterocycles. The van der Waals surface area contributed by atoms with Gasteiger partial charge >= 0.3 is 5.69 Å². The smallest absolute Gasteiger partial charge is 0.331 e. The van der Waals surface area contributed by atoms with E-state index in [9.17, 15) is 19.8 Å². The van der Waals surface area contributed by atoms with Crippen LogP contribution in [-0.2, 0) is 14.1 Å². The van der Waals surface area contributed by atoms with E-state index < -0.39 is 17.3 Å². The summed E-state index contributed by atoms with van der Waals surface area (Å²) in [6.07, 6.45) is 0. The molecule has 6 rings (SSSR count). The van der Waals surface area contributed by atoms with E-state index >= 15 is 0 Å². The molecule has 0 spiro atoms. The Hall–Kier alpha value is -4.72. The molecule has 1 atom stereocenters. The number of nitrogens with one attached hydrogen (secondary N) is 1. The van der Waals surface area contributed by atoms with E-state index in [1.807, 2.05) is 54.8 Å². The molecule has 186 valence electrons. The Morgan fingerprint density at radius 2 is 1.57 bits per heavy atom. The van der Waals surface area contributed by atoms with E-state index in [1.165, 1.54) is 29.8 Å². The predicted octanol–water partition coefficient (Wildman–Crippen LogP) is 4.24. The Morgan fingerprint density at radius 1 is 0.865 bits per heavy atom. The van der Waals surface area contributed by atoms with Crippen LogP contribution >= 0.6 is 0 Å². The monoisotopic (exact) mass is 494 g/mol. The van der Waals surface area contributed by atoms with Crippen LogP contribution in [0.1, 0.15) is 28.4 Å². The van der Waals surface area contributed by atoms with E-state index in [-0.39, 0.29) is 11.5 Å². The first-order valence-corrected chi connectivity index (χ1v) is 12.0. The standard InChI is InChI=1S/C29H26N4O4/c1-15-12-20-21(13-16(15)2)33-25(17-8-6-5-7-9-17)23-26(31(3)29(37)32(4)28(23)36)27(33)24(30-20)19-14-18(34)10-11-22(19)35/h5-14,24,30,34-35H,1-4H3/t24-/m1/s1. The second kappa shape index (κ2) is 7.89. The van der Waals surface area contributed by atoms with Gasteiger partial charge in [-0.1, -0.05) is 30.3 Å². The van der Waals surface area contributed by atoms with Gasteiger partial charge in [0.2, 0.25) is 0 Å². The molecule has 3 N–H and O–H groups in total. The minimum absolute atomic E-state index is 0.00372. The van der Waals surface area contributed by atoms with Crippen LogP contribution in [0.4, 0.5) is 5.69 Å². The van der Waals surface area contributed by atoms with Crippen molar-refractivity contribution >= 4 is 16.6 Å². The molecular formula is C29H26N4O4. The van der Waals surface area contributed by atoms with Crippen molar-refractivity contribution in [2.75, 3.05) is 5.32 Å². The number of anilines is 1. The molecule has 0 radical (unpaired) electrons. The Kier molecular flexibility index (Phi) is 4.85. The molecule has 8 heteroatoms. The van der Waals surface area contributed by atoms with Gasteiger partial charge in [0.1, 0.15) is 11.5 Å². The maximum Gasteiger partial charge on any atom is 0.331 e. The normalized spacial score (nSPS) is 14.3. The van der Waals surface area contributed by atoms with Gasteiger partial charge in [0, 0.05) is 19.7 Å². The molecule has 0 aliphatic carbocycles. The molecule has 0 fully saturated rings. The zero-order chi connectivity index (χ0) is 26.2. The molecule has 0 saturated carbocycles. The summed E-state index contributed by atoms with van der Waals surface area (Å²) in [6.45, 7) is 4.06. The molecule has 0 amide bonds. The van der Waals surface area contributed by atoms with E-state index in [1.54, 1.807) is 7.05 Å².